The molecule has 0 atom stereocenters. The number of hydrogen-bond acceptors (Lipinski definition) is 3. The average Bonchev–Trinajstić information content (AvgIpc) is 2.48. The number of carbonyl (C=O) groups excluding carboxylic acids is 1. The molecule has 2 N–H and O–H groups in total. The number of hydrogen-bond donors (Lipinski definition) is 1. The number of anilines is 2. The smallest absolute Gasteiger partial charge is 0.228 e. The summed E-state index contributed by atoms with van der Waals surface area (Å²) < 4.78 is 0. The highest BCUT2D eigenvalue weighted by molar-refractivity contribution is 6.34. The molecule has 1 aliphatic heterocycles. The third-order valence-electron chi connectivity index (χ3n) is 3.24. The van der Waals surface area contributed by atoms with Gasteiger partial charge in [0.05, 0.1) is 16.4 Å². The van der Waals surface area contributed by atoms with Crippen LogP contribution in [0.4, 0.5) is 11.4 Å². The summed E-state index contributed by atoms with van der Waals surface area (Å²) >= 11 is 6.23. The van der Waals surface area contributed by atoms with Crippen molar-refractivity contribution in [2.75, 3.05) is 36.5 Å². The molecule has 0 bridgehead atoms. The Labute approximate surface area is 112 Å². The summed E-state index contributed by atoms with van der Waals surface area (Å²) in [5.41, 5.74) is 7.38. The second-order valence-corrected chi connectivity index (χ2v) is 4.85. The Morgan fingerprint density at radius 3 is 2.94 bits per heavy atom. The fraction of sp³-hybridized carbons (Fsp3) is 0.462. The first-order chi connectivity index (χ1) is 8.65. The monoisotopic (exact) mass is 267 g/mol. The molecule has 1 amide bonds. The molecule has 0 fully saturated rings. The van der Waals surface area contributed by atoms with Gasteiger partial charge in [0.2, 0.25) is 5.91 Å². The number of benzene rings is 1. The molecule has 4 nitrogen and oxygen atoms in total. The molecule has 0 saturated carbocycles. The molecule has 0 unspecified atom stereocenters. The quantitative estimate of drug-likeness (QED) is 0.910. The molecule has 0 spiro atoms. The van der Waals surface area contributed by atoms with Crippen LogP contribution in [0.25, 0.3) is 0 Å². The summed E-state index contributed by atoms with van der Waals surface area (Å²) in [6.07, 6.45) is 1.41. The molecule has 0 saturated heterocycles. The van der Waals surface area contributed by atoms with E-state index >= 15 is 0 Å². The minimum atomic E-state index is 0.0969. The lowest BCUT2D eigenvalue weighted by molar-refractivity contribution is -0.118. The molecular weight excluding hydrogens is 250 g/mol. The maximum absolute atomic E-state index is 12.0. The number of carbonyl (C=O) groups is 1. The van der Waals surface area contributed by atoms with Crippen LogP contribution in [0.2, 0.25) is 5.02 Å². The lowest BCUT2D eigenvalue weighted by Gasteiger charge is -2.25. The van der Waals surface area contributed by atoms with E-state index in [2.05, 4.69) is 4.90 Å². The minimum Gasteiger partial charge on any atom is -0.369 e. The van der Waals surface area contributed by atoms with Crippen molar-refractivity contribution in [1.82, 2.24) is 0 Å². The number of amides is 1. The Hall–Kier alpha value is -1.26. The molecule has 2 rings (SSSR count). The lowest BCUT2D eigenvalue weighted by Crippen LogP contribution is -2.27. The van der Waals surface area contributed by atoms with Crippen molar-refractivity contribution in [3.8, 4) is 0 Å². The fourth-order valence-corrected chi connectivity index (χ4v) is 2.55. The number of nitrogens with two attached hydrogens (primary N) is 1. The Morgan fingerprint density at radius 1 is 1.44 bits per heavy atom. The second kappa shape index (κ2) is 5.59. The predicted molar refractivity (Wildman–Crippen MR) is 75.4 cm³/mol. The van der Waals surface area contributed by atoms with Crippen molar-refractivity contribution in [3.63, 3.8) is 0 Å². The molecule has 5 heteroatoms. The van der Waals surface area contributed by atoms with Gasteiger partial charge in [0.1, 0.15) is 0 Å². The summed E-state index contributed by atoms with van der Waals surface area (Å²) in [4.78, 5) is 15.8. The summed E-state index contributed by atoms with van der Waals surface area (Å²) in [5, 5.41) is 0.614. The highest BCUT2D eigenvalue weighted by Gasteiger charge is 2.25. The molecule has 1 aliphatic rings. The molecule has 0 radical (unpaired) electrons. The van der Waals surface area contributed by atoms with Gasteiger partial charge in [-0.25, -0.2) is 0 Å². The van der Waals surface area contributed by atoms with Gasteiger partial charge in [0.15, 0.2) is 0 Å². The van der Waals surface area contributed by atoms with Crippen LogP contribution >= 0.6 is 11.6 Å². The second-order valence-electron chi connectivity index (χ2n) is 4.44. The van der Waals surface area contributed by atoms with Crippen molar-refractivity contribution >= 4 is 28.9 Å². The Bertz CT molecular complexity index is 450. The molecule has 1 aromatic rings. The molecular formula is C13H18ClN3O. The van der Waals surface area contributed by atoms with Crippen molar-refractivity contribution in [2.45, 2.75) is 12.8 Å². The standard InChI is InChI=1S/C13H18ClN3O/c1-16-12(18)6-9-17(8-3-7-15)11-5-2-4-10(14)13(11)16/h2,4-5H,3,6-9,15H2,1H3. The molecule has 18 heavy (non-hydrogen) atoms. The van der Waals surface area contributed by atoms with E-state index in [1.165, 1.54) is 0 Å². The summed E-state index contributed by atoms with van der Waals surface area (Å²) in [5.74, 6) is 0.0969. The fourth-order valence-electron chi connectivity index (χ4n) is 2.25. The van der Waals surface area contributed by atoms with Gasteiger partial charge in [-0.05, 0) is 25.1 Å². The molecule has 0 aromatic heterocycles. The van der Waals surface area contributed by atoms with E-state index in [0.717, 1.165) is 30.9 Å². The van der Waals surface area contributed by atoms with Crippen LogP contribution < -0.4 is 15.5 Å². The zero-order valence-corrected chi connectivity index (χ0v) is 11.3. The van der Waals surface area contributed by atoms with Gasteiger partial charge in [-0.15, -0.1) is 0 Å². The Balaban J connectivity index is 2.41. The molecule has 0 aliphatic carbocycles. The minimum absolute atomic E-state index is 0.0969. The van der Waals surface area contributed by atoms with Gasteiger partial charge in [0.25, 0.3) is 0 Å². The normalized spacial score (nSPS) is 15.6. The highest BCUT2D eigenvalue weighted by atomic mass is 35.5. The summed E-state index contributed by atoms with van der Waals surface area (Å²) in [6, 6.07) is 5.74. The topological polar surface area (TPSA) is 49.6 Å². The van der Waals surface area contributed by atoms with Crippen LogP contribution in [0.3, 0.4) is 0 Å². The van der Waals surface area contributed by atoms with Crippen LogP contribution in [0.15, 0.2) is 18.2 Å². The Kier molecular flexibility index (Phi) is 4.09. The van der Waals surface area contributed by atoms with Crippen molar-refractivity contribution in [2.24, 2.45) is 5.73 Å². The van der Waals surface area contributed by atoms with Crippen LogP contribution in [0, 0.1) is 0 Å². The van der Waals surface area contributed by atoms with E-state index in [-0.39, 0.29) is 5.91 Å². The summed E-state index contributed by atoms with van der Waals surface area (Å²) in [7, 11) is 1.78. The van der Waals surface area contributed by atoms with Crippen molar-refractivity contribution < 1.29 is 4.79 Å². The Morgan fingerprint density at radius 2 is 2.22 bits per heavy atom. The number of para-hydroxylation sites is 1. The van der Waals surface area contributed by atoms with Gasteiger partial charge in [0, 0.05) is 26.6 Å². The SMILES string of the molecule is CN1C(=O)CCN(CCCN)c2cccc(Cl)c21. The van der Waals surface area contributed by atoms with Crippen LogP contribution in [-0.4, -0.2) is 32.6 Å². The van der Waals surface area contributed by atoms with Gasteiger partial charge >= 0.3 is 0 Å². The van der Waals surface area contributed by atoms with Gasteiger partial charge in [-0.2, -0.15) is 0 Å². The predicted octanol–water partition coefficient (Wildman–Crippen LogP) is 1.86. The van der Waals surface area contributed by atoms with Gasteiger partial charge in [-0.3, -0.25) is 4.79 Å². The third kappa shape index (κ3) is 2.44. The first kappa shape index (κ1) is 13.2. The largest absolute Gasteiger partial charge is 0.369 e. The summed E-state index contributed by atoms with van der Waals surface area (Å²) in [6.45, 7) is 2.22. The lowest BCUT2D eigenvalue weighted by atomic mass is 10.2. The van der Waals surface area contributed by atoms with Crippen molar-refractivity contribution in [1.29, 1.82) is 0 Å². The highest BCUT2D eigenvalue weighted by Crippen LogP contribution is 2.37. The zero-order valence-electron chi connectivity index (χ0n) is 10.5. The van der Waals surface area contributed by atoms with Crippen LogP contribution in [0.5, 0.6) is 0 Å². The molecule has 1 heterocycles. The maximum Gasteiger partial charge on any atom is 0.228 e. The van der Waals surface area contributed by atoms with E-state index in [1.54, 1.807) is 11.9 Å². The van der Waals surface area contributed by atoms with E-state index in [1.807, 2.05) is 18.2 Å². The van der Waals surface area contributed by atoms with E-state index < -0.39 is 0 Å². The molecule has 98 valence electrons. The first-order valence-electron chi connectivity index (χ1n) is 6.15. The molecule has 1 aromatic carbocycles. The van der Waals surface area contributed by atoms with Gasteiger partial charge in [-0.1, -0.05) is 17.7 Å². The average molecular weight is 268 g/mol. The third-order valence-corrected chi connectivity index (χ3v) is 3.55. The number of nitrogens with zero attached hydrogens (tertiary/aromatic N) is 2. The van der Waals surface area contributed by atoms with Crippen molar-refractivity contribution in [3.05, 3.63) is 23.2 Å². The number of fused-ring (bicyclic) bond motifs is 1. The zero-order chi connectivity index (χ0) is 13.1. The maximum atomic E-state index is 12.0. The van der Waals surface area contributed by atoms with Crippen LogP contribution in [0.1, 0.15) is 12.8 Å². The van der Waals surface area contributed by atoms with Gasteiger partial charge < -0.3 is 15.5 Å². The van der Waals surface area contributed by atoms with E-state index in [4.69, 9.17) is 17.3 Å². The number of rotatable bonds is 3. The first-order valence-corrected chi connectivity index (χ1v) is 6.53. The van der Waals surface area contributed by atoms with E-state index in [9.17, 15) is 4.79 Å². The van der Waals surface area contributed by atoms with E-state index in [0.29, 0.717) is 18.0 Å². The van der Waals surface area contributed by atoms with Crippen LogP contribution in [-0.2, 0) is 4.79 Å². The number of halogens is 1.